The van der Waals surface area contributed by atoms with Gasteiger partial charge in [-0.1, -0.05) is 60.4 Å². The molecule has 0 aromatic heterocycles. The number of hydrogen-bond donors (Lipinski definition) is 1. The van der Waals surface area contributed by atoms with E-state index >= 15 is 0 Å². The summed E-state index contributed by atoms with van der Waals surface area (Å²) >= 11 is 0. The SMILES string of the molecule is OC/C(C#Cc1ccccc1)=C/c1ccccc1. The van der Waals surface area contributed by atoms with Crippen LogP contribution in [0.5, 0.6) is 0 Å². The van der Waals surface area contributed by atoms with Crippen molar-refractivity contribution in [2.45, 2.75) is 0 Å². The quantitative estimate of drug-likeness (QED) is 0.792. The van der Waals surface area contributed by atoms with Gasteiger partial charge in [0, 0.05) is 11.1 Å². The molecule has 2 aromatic rings. The third kappa shape index (κ3) is 3.62. The van der Waals surface area contributed by atoms with Gasteiger partial charge in [0.15, 0.2) is 0 Å². The molecule has 88 valence electrons. The number of aliphatic hydroxyl groups is 1. The standard InChI is InChI=1S/C17H14O/c18-14-17(13-16-9-5-2-6-10-16)12-11-15-7-3-1-4-8-15/h1-10,13,18H,14H2/b17-13+. The molecule has 0 saturated heterocycles. The molecule has 0 bridgehead atoms. The van der Waals surface area contributed by atoms with Crippen LogP contribution in [0.1, 0.15) is 11.1 Å². The first-order valence-electron chi connectivity index (χ1n) is 5.82. The fraction of sp³-hybridized carbons (Fsp3) is 0.0588. The maximum Gasteiger partial charge on any atom is 0.0760 e. The third-order valence-corrected chi connectivity index (χ3v) is 2.45. The molecule has 0 amide bonds. The summed E-state index contributed by atoms with van der Waals surface area (Å²) in [6, 6.07) is 19.6. The lowest BCUT2D eigenvalue weighted by atomic mass is 10.1. The smallest absolute Gasteiger partial charge is 0.0760 e. The molecule has 2 aromatic carbocycles. The van der Waals surface area contributed by atoms with Gasteiger partial charge in [-0.15, -0.1) is 0 Å². The van der Waals surface area contributed by atoms with Crippen molar-refractivity contribution in [1.29, 1.82) is 0 Å². The Labute approximate surface area is 107 Å². The number of hydrogen-bond acceptors (Lipinski definition) is 1. The summed E-state index contributed by atoms with van der Waals surface area (Å²) in [4.78, 5) is 0. The van der Waals surface area contributed by atoms with Crippen LogP contribution in [-0.2, 0) is 0 Å². The summed E-state index contributed by atoms with van der Waals surface area (Å²) in [7, 11) is 0. The number of aliphatic hydroxyl groups excluding tert-OH is 1. The maximum atomic E-state index is 9.29. The molecular formula is C17H14O. The average Bonchev–Trinajstić information content (AvgIpc) is 2.45. The fourth-order valence-corrected chi connectivity index (χ4v) is 1.55. The van der Waals surface area contributed by atoms with Crippen molar-refractivity contribution in [2.75, 3.05) is 6.61 Å². The number of rotatable bonds is 2. The van der Waals surface area contributed by atoms with E-state index in [2.05, 4.69) is 11.8 Å². The average molecular weight is 234 g/mol. The first kappa shape index (κ1) is 12.2. The van der Waals surface area contributed by atoms with E-state index in [1.807, 2.05) is 66.7 Å². The molecule has 0 spiro atoms. The van der Waals surface area contributed by atoms with Crippen LogP contribution in [0.15, 0.2) is 66.2 Å². The van der Waals surface area contributed by atoms with Crippen molar-refractivity contribution < 1.29 is 5.11 Å². The van der Waals surface area contributed by atoms with E-state index in [0.29, 0.717) is 5.57 Å². The molecule has 0 aliphatic rings. The third-order valence-electron chi connectivity index (χ3n) is 2.45. The zero-order chi connectivity index (χ0) is 12.6. The molecular weight excluding hydrogens is 220 g/mol. The number of benzene rings is 2. The fourth-order valence-electron chi connectivity index (χ4n) is 1.55. The summed E-state index contributed by atoms with van der Waals surface area (Å²) in [5, 5.41) is 9.29. The monoisotopic (exact) mass is 234 g/mol. The topological polar surface area (TPSA) is 20.2 Å². The van der Waals surface area contributed by atoms with Crippen molar-refractivity contribution in [2.24, 2.45) is 0 Å². The molecule has 1 nitrogen and oxygen atoms in total. The molecule has 1 heteroatoms. The zero-order valence-electron chi connectivity index (χ0n) is 10.0. The van der Waals surface area contributed by atoms with Crippen LogP contribution in [0.3, 0.4) is 0 Å². The molecule has 0 atom stereocenters. The predicted molar refractivity (Wildman–Crippen MR) is 74.8 cm³/mol. The molecule has 2 rings (SSSR count). The largest absolute Gasteiger partial charge is 0.391 e. The Bertz CT molecular complexity index is 571. The molecule has 0 aliphatic heterocycles. The van der Waals surface area contributed by atoms with Gasteiger partial charge in [0.25, 0.3) is 0 Å². The van der Waals surface area contributed by atoms with E-state index < -0.39 is 0 Å². The normalized spacial score (nSPS) is 10.6. The van der Waals surface area contributed by atoms with Gasteiger partial charge >= 0.3 is 0 Å². The molecule has 0 radical (unpaired) electrons. The highest BCUT2D eigenvalue weighted by atomic mass is 16.3. The van der Waals surface area contributed by atoms with Gasteiger partial charge in [-0.2, -0.15) is 0 Å². The molecule has 0 aliphatic carbocycles. The summed E-state index contributed by atoms with van der Waals surface area (Å²) in [6.07, 6.45) is 1.90. The minimum atomic E-state index is -0.0469. The second-order valence-electron chi connectivity index (χ2n) is 3.85. The van der Waals surface area contributed by atoms with E-state index in [1.165, 1.54) is 0 Å². The van der Waals surface area contributed by atoms with Gasteiger partial charge in [-0.3, -0.25) is 0 Å². The Morgan fingerprint density at radius 1 is 0.944 bits per heavy atom. The van der Waals surface area contributed by atoms with Crippen molar-refractivity contribution in [3.05, 3.63) is 77.4 Å². The van der Waals surface area contributed by atoms with Crippen LogP contribution >= 0.6 is 0 Å². The molecule has 1 N–H and O–H groups in total. The summed E-state index contributed by atoms with van der Waals surface area (Å²) in [5.41, 5.74) is 2.71. The van der Waals surface area contributed by atoms with Crippen LogP contribution < -0.4 is 0 Å². The Morgan fingerprint density at radius 2 is 1.56 bits per heavy atom. The van der Waals surface area contributed by atoms with Gasteiger partial charge in [0.2, 0.25) is 0 Å². The molecule has 0 fully saturated rings. The van der Waals surface area contributed by atoms with Crippen molar-refractivity contribution in [3.8, 4) is 11.8 Å². The van der Waals surface area contributed by atoms with Crippen LogP contribution in [-0.4, -0.2) is 11.7 Å². The molecule has 0 saturated carbocycles. The Morgan fingerprint density at radius 3 is 2.17 bits per heavy atom. The van der Waals surface area contributed by atoms with Crippen LogP contribution in [0, 0.1) is 11.8 Å². The first-order valence-corrected chi connectivity index (χ1v) is 5.82. The maximum absolute atomic E-state index is 9.29. The first-order chi connectivity index (χ1) is 8.88. The van der Waals surface area contributed by atoms with Gasteiger partial charge in [-0.25, -0.2) is 0 Å². The van der Waals surface area contributed by atoms with Gasteiger partial charge in [0.1, 0.15) is 0 Å². The van der Waals surface area contributed by atoms with Crippen molar-refractivity contribution in [3.63, 3.8) is 0 Å². The van der Waals surface area contributed by atoms with Crippen LogP contribution in [0.2, 0.25) is 0 Å². The molecule has 0 unspecified atom stereocenters. The second-order valence-corrected chi connectivity index (χ2v) is 3.85. The summed E-state index contributed by atoms with van der Waals surface area (Å²) in [5.74, 6) is 6.03. The summed E-state index contributed by atoms with van der Waals surface area (Å²) < 4.78 is 0. The molecule has 18 heavy (non-hydrogen) atoms. The van der Waals surface area contributed by atoms with Crippen LogP contribution in [0.25, 0.3) is 6.08 Å². The highest BCUT2D eigenvalue weighted by Gasteiger charge is 1.91. The van der Waals surface area contributed by atoms with Crippen LogP contribution in [0.4, 0.5) is 0 Å². The minimum absolute atomic E-state index is 0.0469. The minimum Gasteiger partial charge on any atom is -0.391 e. The second kappa shape index (κ2) is 6.44. The lowest BCUT2D eigenvalue weighted by Gasteiger charge is -1.95. The van der Waals surface area contributed by atoms with E-state index in [9.17, 15) is 5.11 Å². The van der Waals surface area contributed by atoms with Gasteiger partial charge in [-0.05, 0) is 23.8 Å². The Balaban J connectivity index is 2.21. The highest BCUT2D eigenvalue weighted by Crippen LogP contribution is 2.06. The lowest BCUT2D eigenvalue weighted by Crippen LogP contribution is -1.87. The van der Waals surface area contributed by atoms with Gasteiger partial charge < -0.3 is 5.11 Å². The Kier molecular flexibility index (Phi) is 4.35. The summed E-state index contributed by atoms with van der Waals surface area (Å²) in [6.45, 7) is -0.0469. The highest BCUT2D eigenvalue weighted by molar-refractivity contribution is 5.59. The molecule has 0 heterocycles. The van der Waals surface area contributed by atoms with Gasteiger partial charge in [0.05, 0.1) is 6.61 Å². The van der Waals surface area contributed by atoms with E-state index in [4.69, 9.17) is 0 Å². The predicted octanol–water partition coefficient (Wildman–Crippen LogP) is 3.11. The van der Waals surface area contributed by atoms with Crippen molar-refractivity contribution in [1.82, 2.24) is 0 Å². The lowest BCUT2D eigenvalue weighted by molar-refractivity contribution is 0.337. The zero-order valence-corrected chi connectivity index (χ0v) is 10.0. The van der Waals surface area contributed by atoms with Crippen molar-refractivity contribution >= 4 is 6.08 Å². The van der Waals surface area contributed by atoms with E-state index in [-0.39, 0.29) is 6.61 Å². The van der Waals surface area contributed by atoms with E-state index in [0.717, 1.165) is 11.1 Å². The van der Waals surface area contributed by atoms with E-state index in [1.54, 1.807) is 0 Å². The Hall–Kier alpha value is -2.30.